The molecule has 0 saturated carbocycles. The average Bonchev–Trinajstić information content (AvgIpc) is 3.32. The van der Waals surface area contributed by atoms with Crippen LogP contribution in [0.1, 0.15) is 37.7 Å². The summed E-state index contributed by atoms with van der Waals surface area (Å²) in [5.74, 6) is 1.11. The maximum absolute atomic E-state index is 13.5. The zero-order valence-electron chi connectivity index (χ0n) is 22.8. The minimum absolute atomic E-state index is 0.0460. The Morgan fingerprint density at radius 3 is 2.58 bits per heavy atom. The molecule has 3 heterocycles. The van der Waals surface area contributed by atoms with Crippen LogP contribution in [0.4, 0.5) is 16.3 Å². The number of amides is 1. The SMILES string of the molecule is C=CCCCC(=O)N(CCN1CCC(Nc2nc3ccccc3n2Cc2ccc(F)cc2)CC1)c1ncccn1. The third-order valence-corrected chi connectivity index (χ3v) is 7.36. The summed E-state index contributed by atoms with van der Waals surface area (Å²) in [6, 6.07) is 16.8. The third kappa shape index (κ3) is 6.90. The van der Waals surface area contributed by atoms with Gasteiger partial charge in [0.15, 0.2) is 0 Å². The number of allylic oxidation sites excluding steroid dienone is 1. The summed E-state index contributed by atoms with van der Waals surface area (Å²) in [5.41, 5.74) is 3.01. The second-order valence-corrected chi connectivity index (χ2v) is 10.2. The summed E-state index contributed by atoms with van der Waals surface area (Å²) in [6.07, 6.45) is 9.16. The lowest BCUT2D eigenvalue weighted by atomic mass is 10.1. The van der Waals surface area contributed by atoms with E-state index in [4.69, 9.17) is 4.98 Å². The summed E-state index contributed by atoms with van der Waals surface area (Å²) in [6.45, 7) is 7.52. The molecule has 0 spiro atoms. The van der Waals surface area contributed by atoms with Crippen molar-refractivity contribution in [2.75, 3.05) is 36.4 Å². The van der Waals surface area contributed by atoms with Gasteiger partial charge in [-0.3, -0.25) is 9.69 Å². The zero-order chi connectivity index (χ0) is 27.7. The molecule has 208 valence electrons. The Balaban J connectivity index is 1.19. The van der Waals surface area contributed by atoms with E-state index in [9.17, 15) is 9.18 Å². The first-order valence-corrected chi connectivity index (χ1v) is 14.0. The number of nitrogens with one attached hydrogen (secondary N) is 1. The Morgan fingerprint density at radius 2 is 1.82 bits per heavy atom. The van der Waals surface area contributed by atoms with Gasteiger partial charge in [-0.05, 0) is 61.6 Å². The number of nitrogens with zero attached hydrogens (tertiary/aromatic N) is 6. The van der Waals surface area contributed by atoms with Gasteiger partial charge in [0.2, 0.25) is 17.8 Å². The Hall–Kier alpha value is -4.11. The average molecular weight is 542 g/mol. The number of piperidine rings is 1. The predicted octanol–water partition coefficient (Wildman–Crippen LogP) is 5.28. The van der Waals surface area contributed by atoms with Crippen LogP contribution in [-0.4, -0.2) is 62.5 Å². The standard InChI is InChI=1S/C31H36FN7O/c1-2-3-4-10-29(40)38(30-33-17-7-18-34-30)22-21-37-19-15-26(16-20-37)35-31-36-27-8-5-6-9-28(27)39(31)23-24-11-13-25(32)14-12-24/h2,5-9,11-14,17-18,26H,1,3-4,10,15-16,19-23H2,(H,35,36). The zero-order valence-corrected chi connectivity index (χ0v) is 22.8. The second kappa shape index (κ2) is 13.3. The van der Waals surface area contributed by atoms with Crippen molar-refractivity contribution < 1.29 is 9.18 Å². The smallest absolute Gasteiger partial charge is 0.232 e. The lowest BCUT2D eigenvalue weighted by molar-refractivity contribution is -0.118. The number of fused-ring (bicyclic) bond motifs is 1. The molecule has 5 rings (SSSR count). The molecule has 2 aromatic carbocycles. The van der Waals surface area contributed by atoms with Gasteiger partial charge in [-0.25, -0.2) is 19.3 Å². The van der Waals surface area contributed by atoms with E-state index in [0.717, 1.165) is 67.9 Å². The fraction of sp³-hybridized carbons (Fsp3) is 0.355. The number of unbranched alkanes of at least 4 members (excludes halogenated alkanes) is 1. The largest absolute Gasteiger partial charge is 0.353 e. The van der Waals surface area contributed by atoms with Gasteiger partial charge in [-0.2, -0.15) is 0 Å². The molecule has 0 bridgehead atoms. The molecule has 9 heteroatoms. The van der Waals surface area contributed by atoms with Crippen molar-refractivity contribution in [3.63, 3.8) is 0 Å². The first-order valence-electron chi connectivity index (χ1n) is 14.0. The van der Waals surface area contributed by atoms with Crippen LogP contribution in [0.3, 0.4) is 0 Å². The molecule has 0 aliphatic carbocycles. The molecule has 0 unspecified atom stereocenters. The van der Waals surface area contributed by atoms with Crippen molar-refractivity contribution in [2.45, 2.75) is 44.7 Å². The van der Waals surface area contributed by atoms with Crippen LogP contribution < -0.4 is 10.2 Å². The fourth-order valence-corrected chi connectivity index (χ4v) is 5.14. The molecular weight excluding hydrogens is 505 g/mol. The van der Waals surface area contributed by atoms with Gasteiger partial charge in [0, 0.05) is 51.0 Å². The Labute approximate surface area is 234 Å². The minimum atomic E-state index is -0.235. The first-order chi connectivity index (χ1) is 19.6. The van der Waals surface area contributed by atoms with Crippen LogP contribution in [0.25, 0.3) is 11.0 Å². The highest BCUT2D eigenvalue weighted by atomic mass is 19.1. The van der Waals surface area contributed by atoms with E-state index in [1.54, 1.807) is 23.4 Å². The number of benzene rings is 2. The molecule has 8 nitrogen and oxygen atoms in total. The Bertz CT molecular complexity index is 1400. The second-order valence-electron chi connectivity index (χ2n) is 10.2. The van der Waals surface area contributed by atoms with E-state index in [-0.39, 0.29) is 17.8 Å². The number of aromatic nitrogens is 4. The van der Waals surface area contributed by atoms with Crippen LogP contribution in [0.2, 0.25) is 0 Å². The number of carbonyl (C=O) groups excluding carboxylic acids is 1. The molecule has 1 aliphatic rings. The molecule has 2 aromatic heterocycles. The van der Waals surface area contributed by atoms with Crippen molar-refractivity contribution in [1.82, 2.24) is 24.4 Å². The fourth-order valence-electron chi connectivity index (χ4n) is 5.14. The highest BCUT2D eigenvalue weighted by molar-refractivity contribution is 5.91. The number of halogens is 1. The number of hydrogen-bond donors (Lipinski definition) is 1. The third-order valence-electron chi connectivity index (χ3n) is 7.36. The summed E-state index contributed by atoms with van der Waals surface area (Å²) < 4.78 is 15.6. The van der Waals surface area contributed by atoms with Gasteiger partial charge in [0.05, 0.1) is 17.6 Å². The molecule has 1 fully saturated rings. The van der Waals surface area contributed by atoms with E-state index in [1.807, 2.05) is 36.4 Å². The highest BCUT2D eigenvalue weighted by Crippen LogP contribution is 2.24. The van der Waals surface area contributed by atoms with Gasteiger partial charge in [0.25, 0.3) is 0 Å². The van der Waals surface area contributed by atoms with Crippen LogP contribution >= 0.6 is 0 Å². The van der Waals surface area contributed by atoms with Crippen LogP contribution in [0.5, 0.6) is 0 Å². The van der Waals surface area contributed by atoms with Crippen molar-refractivity contribution in [1.29, 1.82) is 0 Å². The number of hydrogen-bond acceptors (Lipinski definition) is 6. The van der Waals surface area contributed by atoms with E-state index in [2.05, 4.69) is 37.4 Å². The normalized spacial score (nSPS) is 14.3. The van der Waals surface area contributed by atoms with E-state index in [0.29, 0.717) is 25.5 Å². The molecule has 0 atom stereocenters. The van der Waals surface area contributed by atoms with Gasteiger partial charge in [0.1, 0.15) is 5.82 Å². The lowest BCUT2D eigenvalue weighted by Crippen LogP contribution is -2.44. The molecule has 40 heavy (non-hydrogen) atoms. The summed E-state index contributed by atoms with van der Waals surface area (Å²) >= 11 is 0. The first kappa shape index (κ1) is 27.5. The van der Waals surface area contributed by atoms with Gasteiger partial charge in [-0.15, -0.1) is 6.58 Å². The van der Waals surface area contributed by atoms with E-state index in [1.165, 1.54) is 12.1 Å². The molecule has 1 amide bonds. The minimum Gasteiger partial charge on any atom is -0.353 e. The van der Waals surface area contributed by atoms with E-state index >= 15 is 0 Å². The molecule has 1 aliphatic heterocycles. The summed E-state index contributed by atoms with van der Waals surface area (Å²) in [5, 5.41) is 3.69. The van der Waals surface area contributed by atoms with Gasteiger partial charge >= 0.3 is 0 Å². The van der Waals surface area contributed by atoms with Crippen molar-refractivity contribution in [3.05, 3.63) is 91.0 Å². The Morgan fingerprint density at radius 1 is 1.07 bits per heavy atom. The topological polar surface area (TPSA) is 79.2 Å². The summed E-state index contributed by atoms with van der Waals surface area (Å²) in [4.78, 5) is 30.6. The quantitative estimate of drug-likeness (QED) is 0.194. The maximum Gasteiger partial charge on any atom is 0.232 e. The molecule has 1 N–H and O–H groups in total. The molecule has 1 saturated heterocycles. The van der Waals surface area contributed by atoms with Gasteiger partial charge in [-0.1, -0.05) is 30.3 Å². The van der Waals surface area contributed by atoms with Crippen molar-refractivity contribution in [2.24, 2.45) is 0 Å². The molecule has 0 radical (unpaired) electrons. The number of anilines is 2. The number of para-hydroxylation sites is 2. The predicted molar refractivity (Wildman–Crippen MR) is 157 cm³/mol. The number of likely N-dealkylation sites (tertiary alicyclic amines) is 1. The maximum atomic E-state index is 13.5. The molecule has 4 aromatic rings. The van der Waals surface area contributed by atoms with Crippen molar-refractivity contribution in [3.8, 4) is 0 Å². The Kier molecular flexibility index (Phi) is 9.13. The number of carbonyl (C=O) groups is 1. The highest BCUT2D eigenvalue weighted by Gasteiger charge is 2.24. The van der Waals surface area contributed by atoms with Crippen LogP contribution in [0.15, 0.2) is 79.6 Å². The van der Waals surface area contributed by atoms with Crippen LogP contribution in [-0.2, 0) is 11.3 Å². The van der Waals surface area contributed by atoms with Crippen molar-refractivity contribution >= 4 is 28.8 Å². The van der Waals surface area contributed by atoms with E-state index < -0.39 is 0 Å². The van der Waals surface area contributed by atoms with Gasteiger partial charge < -0.3 is 14.8 Å². The molecular formula is C31H36FN7O. The lowest BCUT2D eigenvalue weighted by Gasteiger charge is -2.33. The number of imidazole rings is 1. The van der Waals surface area contributed by atoms with Crippen LogP contribution in [0, 0.1) is 5.82 Å². The number of rotatable bonds is 12. The summed E-state index contributed by atoms with van der Waals surface area (Å²) in [7, 11) is 0. The monoisotopic (exact) mass is 541 g/mol.